The van der Waals surface area contributed by atoms with E-state index < -0.39 is 0 Å². The smallest absolute Gasteiger partial charge is 0.0814 e. The SMILES string of the molecule is [3H]c1cc2scnc2cc1C(C)C. The average Bonchev–Trinajstić information content (AvgIpc) is 2.48. The summed E-state index contributed by atoms with van der Waals surface area (Å²) in [6.45, 7) is 4.21. The predicted octanol–water partition coefficient (Wildman–Crippen LogP) is 3.42. The van der Waals surface area contributed by atoms with Crippen molar-refractivity contribution < 1.29 is 1.37 Å². The third-order valence-electron chi connectivity index (χ3n) is 1.91. The summed E-state index contributed by atoms with van der Waals surface area (Å²) in [5.41, 5.74) is 3.93. The maximum Gasteiger partial charge on any atom is 0.0814 e. The van der Waals surface area contributed by atoms with Gasteiger partial charge in [-0.1, -0.05) is 19.9 Å². The van der Waals surface area contributed by atoms with E-state index in [4.69, 9.17) is 1.37 Å². The maximum atomic E-state index is 7.80. The first-order chi connectivity index (χ1) is 6.18. The molecule has 0 amide bonds. The summed E-state index contributed by atoms with van der Waals surface area (Å²) in [7, 11) is 0. The zero-order valence-corrected chi connectivity index (χ0v) is 7.98. The van der Waals surface area contributed by atoms with Crippen LogP contribution in [0, 0.1) is 0 Å². The van der Waals surface area contributed by atoms with Gasteiger partial charge in [0.25, 0.3) is 0 Å². The van der Waals surface area contributed by atoms with Crippen LogP contribution in [0.2, 0.25) is 0 Å². The van der Waals surface area contributed by atoms with Gasteiger partial charge in [0, 0.05) is 0 Å². The molecule has 0 spiro atoms. The maximum absolute atomic E-state index is 7.80. The van der Waals surface area contributed by atoms with Crippen LogP contribution in [0.4, 0.5) is 0 Å². The van der Waals surface area contributed by atoms with Crippen molar-refractivity contribution in [1.82, 2.24) is 4.98 Å². The molecular weight excluding hydrogens is 166 g/mol. The lowest BCUT2D eigenvalue weighted by Gasteiger charge is -2.03. The molecule has 1 aromatic heterocycles. The minimum atomic E-state index is 0.401. The molecular formula is C10H11NS. The first kappa shape index (κ1) is 6.61. The lowest BCUT2D eigenvalue weighted by molar-refractivity contribution is 0.868. The van der Waals surface area contributed by atoms with Crippen molar-refractivity contribution in [2.24, 2.45) is 0 Å². The Morgan fingerprint density at radius 1 is 1.58 bits per heavy atom. The Morgan fingerprint density at radius 3 is 3.17 bits per heavy atom. The van der Waals surface area contributed by atoms with Crippen LogP contribution < -0.4 is 0 Å². The molecule has 1 heterocycles. The molecule has 0 N–H and O–H groups in total. The second-order valence-electron chi connectivity index (χ2n) is 3.14. The zero-order valence-electron chi connectivity index (χ0n) is 8.16. The summed E-state index contributed by atoms with van der Waals surface area (Å²) in [4.78, 5) is 4.24. The van der Waals surface area contributed by atoms with Gasteiger partial charge in [-0.2, -0.15) is 0 Å². The van der Waals surface area contributed by atoms with Crippen molar-refractivity contribution in [3.8, 4) is 0 Å². The molecule has 0 radical (unpaired) electrons. The molecule has 2 rings (SSSR count). The minimum Gasteiger partial charge on any atom is -0.245 e. The molecule has 0 atom stereocenters. The van der Waals surface area contributed by atoms with Crippen molar-refractivity contribution >= 4 is 21.6 Å². The molecule has 0 fully saturated rings. The van der Waals surface area contributed by atoms with Gasteiger partial charge in [0.15, 0.2) is 0 Å². The molecule has 0 aliphatic heterocycles. The highest BCUT2D eigenvalue weighted by Gasteiger charge is 2.01. The Balaban J connectivity index is 2.69. The highest BCUT2D eigenvalue weighted by Crippen LogP contribution is 2.22. The van der Waals surface area contributed by atoms with E-state index in [0.29, 0.717) is 12.0 Å². The van der Waals surface area contributed by atoms with E-state index in [9.17, 15) is 0 Å². The highest BCUT2D eigenvalue weighted by molar-refractivity contribution is 7.16. The van der Waals surface area contributed by atoms with Crippen LogP contribution in [0.3, 0.4) is 0 Å². The summed E-state index contributed by atoms with van der Waals surface area (Å²) >= 11 is 1.59. The van der Waals surface area contributed by atoms with E-state index in [1.165, 1.54) is 0 Å². The van der Waals surface area contributed by atoms with Gasteiger partial charge in [-0.15, -0.1) is 11.3 Å². The molecule has 0 saturated carbocycles. The van der Waals surface area contributed by atoms with Gasteiger partial charge < -0.3 is 0 Å². The lowest BCUT2D eigenvalue weighted by Crippen LogP contribution is -1.85. The van der Waals surface area contributed by atoms with Crippen molar-refractivity contribution in [3.05, 3.63) is 29.2 Å². The molecule has 0 saturated heterocycles. The Morgan fingerprint density at radius 2 is 2.42 bits per heavy atom. The van der Waals surface area contributed by atoms with Gasteiger partial charge in [0.05, 0.1) is 17.1 Å². The second-order valence-corrected chi connectivity index (χ2v) is 4.03. The number of aromatic nitrogens is 1. The van der Waals surface area contributed by atoms with E-state index in [2.05, 4.69) is 18.8 Å². The predicted molar refractivity (Wildman–Crippen MR) is 53.7 cm³/mol. The first-order valence-electron chi connectivity index (χ1n) is 4.52. The molecule has 62 valence electrons. The van der Waals surface area contributed by atoms with Crippen LogP contribution in [0.25, 0.3) is 10.2 Å². The fourth-order valence-corrected chi connectivity index (χ4v) is 1.79. The van der Waals surface area contributed by atoms with E-state index in [0.717, 1.165) is 15.8 Å². The molecule has 12 heavy (non-hydrogen) atoms. The summed E-state index contributed by atoms with van der Waals surface area (Å²) in [5, 5.41) is 0. The van der Waals surface area contributed by atoms with E-state index >= 15 is 0 Å². The second kappa shape index (κ2) is 2.87. The molecule has 0 unspecified atom stereocenters. The number of fused-ring (bicyclic) bond motifs is 1. The largest absolute Gasteiger partial charge is 0.245 e. The molecule has 1 aromatic carbocycles. The quantitative estimate of drug-likeness (QED) is 0.653. The number of rotatable bonds is 1. The van der Waals surface area contributed by atoms with Crippen LogP contribution in [0.5, 0.6) is 0 Å². The van der Waals surface area contributed by atoms with Crippen molar-refractivity contribution in [2.45, 2.75) is 19.8 Å². The third kappa shape index (κ3) is 1.23. The fourth-order valence-electron chi connectivity index (χ4n) is 1.15. The summed E-state index contributed by atoms with van der Waals surface area (Å²) in [5.74, 6) is 0.401. The number of hydrogen-bond donors (Lipinski definition) is 0. The van der Waals surface area contributed by atoms with Gasteiger partial charge in [-0.25, -0.2) is 4.98 Å². The Bertz CT molecular complexity index is 433. The molecule has 0 aliphatic carbocycles. The normalized spacial score (nSPS) is 12.4. The molecule has 2 aromatic rings. The summed E-state index contributed by atoms with van der Waals surface area (Å²) in [6, 6.07) is 4.56. The van der Waals surface area contributed by atoms with Gasteiger partial charge >= 0.3 is 0 Å². The average molecular weight is 179 g/mol. The number of nitrogens with zero attached hydrogens (tertiary/aromatic N) is 1. The molecule has 1 nitrogen and oxygen atoms in total. The number of benzene rings is 1. The molecule has 2 heteroatoms. The Kier molecular flexibility index (Phi) is 1.58. The number of thiazole rings is 1. The van der Waals surface area contributed by atoms with E-state index in [1.807, 2.05) is 17.6 Å². The van der Waals surface area contributed by atoms with Crippen LogP contribution in [-0.2, 0) is 0 Å². The Labute approximate surface area is 77.5 Å². The van der Waals surface area contributed by atoms with Crippen LogP contribution in [-0.4, -0.2) is 4.98 Å². The fraction of sp³-hybridized carbons (Fsp3) is 0.300. The minimum absolute atomic E-state index is 0.401. The molecule has 0 bridgehead atoms. The Hall–Kier alpha value is -0.890. The summed E-state index contributed by atoms with van der Waals surface area (Å²) in [6.07, 6.45) is 0. The highest BCUT2D eigenvalue weighted by atomic mass is 32.1. The van der Waals surface area contributed by atoms with E-state index in [1.54, 1.807) is 11.3 Å². The standard InChI is InChI=1S/C10H11NS/c1-7(2)8-3-4-10-9(5-8)11-6-12-10/h3-7H,1-2H3/i3T. The lowest BCUT2D eigenvalue weighted by atomic mass is 10.0. The third-order valence-corrected chi connectivity index (χ3v) is 2.70. The molecule has 0 aliphatic rings. The van der Waals surface area contributed by atoms with Crippen molar-refractivity contribution in [2.75, 3.05) is 0 Å². The van der Waals surface area contributed by atoms with Crippen molar-refractivity contribution in [3.63, 3.8) is 0 Å². The monoisotopic (exact) mass is 179 g/mol. The van der Waals surface area contributed by atoms with Gasteiger partial charge in [0.1, 0.15) is 0 Å². The van der Waals surface area contributed by atoms with Gasteiger partial charge in [0.2, 0.25) is 0 Å². The first-order valence-corrected chi connectivity index (χ1v) is 4.90. The summed E-state index contributed by atoms with van der Waals surface area (Å²) < 4.78 is 8.91. The van der Waals surface area contributed by atoms with Crippen LogP contribution in [0.1, 0.15) is 26.7 Å². The van der Waals surface area contributed by atoms with Crippen LogP contribution >= 0.6 is 11.3 Å². The van der Waals surface area contributed by atoms with Crippen LogP contribution in [0.15, 0.2) is 23.7 Å². The zero-order chi connectivity index (χ0) is 9.42. The van der Waals surface area contributed by atoms with Gasteiger partial charge in [-0.05, 0) is 23.6 Å². The number of hydrogen-bond acceptors (Lipinski definition) is 2. The topological polar surface area (TPSA) is 12.9 Å². The van der Waals surface area contributed by atoms with Gasteiger partial charge in [-0.3, -0.25) is 0 Å². The van der Waals surface area contributed by atoms with E-state index in [-0.39, 0.29) is 0 Å². The van der Waals surface area contributed by atoms with Crippen molar-refractivity contribution in [1.29, 1.82) is 0 Å².